The van der Waals surface area contributed by atoms with Crippen molar-refractivity contribution in [3.63, 3.8) is 0 Å². The van der Waals surface area contributed by atoms with Crippen molar-refractivity contribution in [3.8, 4) is 11.3 Å². The first kappa shape index (κ1) is 12.5. The molecule has 0 fully saturated rings. The number of nitrogens with zero attached hydrogens (tertiary/aromatic N) is 2. The van der Waals surface area contributed by atoms with Gasteiger partial charge in [0, 0.05) is 18.2 Å². The van der Waals surface area contributed by atoms with Gasteiger partial charge in [0.05, 0.1) is 5.69 Å². The van der Waals surface area contributed by atoms with Gasteiger partial charge in [0.2, 0.25) is 0 Å². The molecule has 0 aliphatic rings. The van der Waals surface area contributed by atoms with Crippen LogP contribution in [-0.4, -0.2) is 22.8 Å². The SMILES string of the molecule is Cc1ccccc1-c1ccc(NC(C)CN)nn1. The number of aromatic nitrogens is 2. The van der Waals surface area contributed by atoms with Crippen LogP contribution in [0.1, 0.15) is 12.5 Å². The van der Waals surface area contributed by atoms with Crippen LogP contribution in [0.3, 0.4) is 0 Å². The largest absolute Gasteiger partial charge is 0.365 e. The van der Waals surface area contributed by atoms with E-state index in [1.807, 2.05) is 31.2 Å². The maximum atomic E-state index is 5.55. The zero-order valence-corrected chi connectivity index (χ0v) is 10.7. The van der Waals surface area contributed by atoms with E-state index in [9.17, 15) is 0 Å². The van der Waals surface area contributed by atoms with Crippen molar-refractivity contribution in [3.05, 3.63) is 42.0 Å². The summed E-state index contributed by atoms with van der Waals surface area (Å²) in [6, 6.07) is 12.2. The van der Waals surface area contributed by atoms with E-state index in [1.165, 1.54) is 5.56 Å². The van der Waals surface area contributed by atoms with Gasteiger partial charge in [0.1, 0.15) is 5.82 Å². The fourth-order valence-corrected chi connectivity index (χ4v) is 1.72. The zero-order valence-electron chi connectivity index (χ0n) is 10.7. The van der Waals surface area contributed by atoms with Crippen LogP contribution in [0, 0.1) is 6.92 Å². The monoisotopic (exact) mass is 242 g/mol. The maximum Gasteiger partial charge on any atom is 0.148 e. The van der Waals surface area contributed by atoms with Crippen molar-refractivity contribution in [1.82, 2.24) is 10.2 Å². The summed E-state index contributed by atoms with van der Waals surface area (Å²) in [4.78, 5) is 0. The summed E-state index contributed by atoms with van der Waals surface area (Å²) in [7, 11) is 0. The minimum Gasteiger partial charge on any atom is -0.365 e. The standard InChI is InChI=1S/C14H18N4/c1-10-5-3-4-6-12(10)13-7-8-14(18-17-13)16-11(2)9-15/h3-8,11H,9,15H2,1-2H3,(H,16,18). The summed E-state index contributed by atoms with van der Waals surface area (Å²) in [6.07, 6.45) is 0. The Bertz CT molecular complexity index is 507. The Labute approximate surface area is 107 Å². The Morgan fingerprint density at radius 3 is 2.56 bits per heavy atom. The van der Waals surface area contributed by atoms with Crippen LogP contribution >= 0.6 is 0 Å². The molecule has 0 radical (unpaired) electrons. The van der Waals surface area contributed by atoms with Crippen molar-refractivity contribution in [1.29, 1.82) is 0 Å². The minimum atomic E-state index is 0.198. The highest BCUT2D eigenvalue weighted by molar-refractivity contribution is 5.63. The topological polar surface area (TPSA) is 63.8 Å². The first-order valence-corrected chi connectivity index (χ1v) is 6.07. The molecule has 0 spiro atoms. The number of hydrogen-bond donors (Lipinski definition) is 2. The molecular formula is C14H18N4. The maximum absolute atomic E-state index is 5.55. The quantitative estimate of drug-likeness (QED) is 0.862. The molecule has 2 aromatic rings. The Kier molecular flexibility index (Phi) is 3.89. The lowest BCUT2D eigenvalue weighted by atomic mass is 10.1. The molecule has 0 aliphatic carbocycles. The molecule has 1 atom stereocenters. The molecule has 18 heavy (non-hydrogen) atoms. The van der Waals surface area contributed by atoms with Gasteiger partial charge >= 0.3 is 0 Å². The number of hydrogen-bond acceptors (Lipinski definition) is 4. The predicted octanol–water partition coefficient (Wildman–Crippen LogP) is 2.21. The lowest BCUT2D eigenvalue weighted by molar-refractivity contribution is 0.792. The second-order valence-electron chi connectivity index (χ2n) is 4.40. The van der Waals surface area contributed by atoms with Crippen LogP contribution in [0.15, 0.2) is 36.4 Å². The molecule has 4 heteroatoms. The fourth-order valence-electron chi connectivity index (χ4n) is 1.72. The number of nitrogens with one attached hydrogen (secondary N) is 1. The highest BCUT2D eigenvalue weighted by Crippen LogP contribution is 2.20. The minimum absolute atomic E-state index is 0.198. The third kappa shape index (κ3) is 2.84. The molecule has 3 N–H and O–H groups in total. The summed E-state index contributed by atoms with van der Waals surface area (Å²) < 4.78 is 0. The lowest BCUT2D eigenvalue weighted by Gasteiger charge is -2.11. The first-order chi connectivity index (χ1) is 8.70. The van der Waals surface area contributed by atoms with E-state index in [2.05, 4.69) is 34.6 Å². The Morgan fingerprint density at radius 2 is 1.94 bits per heavy atom. The van der Waals surface area contributed by atoms with Crippen LogP contribution in [0.2, 0.25) is 0 Å². The molecule has 0 saturated carbocycles. The fraction of sp³-hybridized carbons (Fsp3) is 0.286. The van der Waals surface area contributed by atoms with Crippen LogP contribution in [-0.2, 0) is 0 Å². The number of aryl methyl sites for hydroxylation is 1. The van der Waals surface area contributed by atoms with Gasteiger partial charge in [0.15, 0.2) is 0 Å². The van der Waals surface area contributed by atoms with Crippen LogP contribution in [0.4, 0.5) is 5.82 Å². The third-order valence-electron chi connectivity index (χ3n) is 2.83. The first-order valence-electron chi connectivity index (χ1n) is 6.07. The number of rotatable bonds is 4. The molecule has 0 amide bonds. The predicted molar refractivity (Wildman–Crippen MR) is 74.3 cm³/mol. The van der Waals surface area contributed by atoms with Crippen molar-refractivity contribution in [2.24, 2.45) is 5.73 Å². The smallest absolute Gasteiger partial charge is 0.148 e. The molecular weight excluding hydrogens is 224 g/mol. The second-order valence-corrected chi connectivity index (χ2v) is 4.40. The molecule has 0 aliphatic heterocycles. The summed E-state index contributed by atoms with van der Waals surface area (Å²) in [6.45, 7) is 4.65. The highest BCUT2D eigenvalue weighted by Gasteiger charge is 2.05. The third-order valence-corrected chi connectivity index (χ3v) is 2.83. The average Bonchev–Trinajstić information content (AvgIpc) is 2.40. The van der Waals surface area contributed by atoms with Gasteiger partial charge in [-0.05, 0) is 31.5 Å². The molecule has 1 aromatic carbocycles. The van der Waals surface area contributed by atoms with E-state index < -0.39 is 0 Å². The highest BCUT2D eigenvalue weighted by atomic mass is 15.2. The number of nitrogens with two attached hydrogens (primary N) is 1. The summed E-state index contributed by atoms with van der Waals surface area (Å²) in [5.74, 6) is 0.755. The van der Waals surface area contributed by atoms with Gasteiger partial charge in [-0.1, -0.05) is 24.3 Å². The van der Waals surface area contributed by atoms with E-state index in [4.69, 9.17) is 5.73 Å². The molecule has 1 aromatic heterocycles. The summed E-state index contributed by atoms with van der Waals surface area (Å²) in [5.41, 5.74) is 8.75. The van der Waals surface area contributed by atoms with E-state index in [-0.39, 0.29) is 6.04 Å². The Morgan fingerprint density at radius 1 is 1.17 bits per heavy atom. The molecule has 1 unspecified atom stereocenters. The molecule has 94 valence electrons. The second kappa shape index (κ2) is 5.60. The zero-order chi connectivity index (χ0) is 13.0. The molecule has 2 rings (SSSR count). The van der Waals surface area contributed by atoms with Crippen molar-refractivity contribution >= 4 is 5.82 Å². The lowest BCUT2D eigenvalue weighted by Crippen LogP contribution is -2.25. The van der Waals surface area contributed by atoms with Crippen molar-refractivity contribution < 1.29 is 0 Å². The van der Waals surface area contributed by atoms with Crippen molar-refractivity contribution in [2.45, 2.75) is 19.9 Å². The summed E-state index contributed by atoms with van der Waals surface area (Å²) >= 11 is 0. The number of anilines is 1. The van der Waals surface area contributed by atoms with Gasteiger partial charge in [-0.25, -0.2) is 0 Å². The normalized spacial score (nSPS) is 12.2. The Hall–Kier alpha value is -1.94. The van der Waals surface area contributed by atoms with Crippen LogP contribution in [0.5, 0.6) is 0 Å². The van der Waals surface area contributed by atoms with E-state index in [1.54, 1.807) is 0 Å². The van der Waals surface area contributed by atoms with E-state index in [0.717, 1.165) is 17.1 Å². The molecule has 4 nitrogen and oxygen atoms in total. The number of benzene rings is 1. The van der Waals surface area contributed by atoms with Crippen LogP contribution < -0.4 is 11.1 Å². The van der Waals surface area contributed by atoms with Crippen LogP contribution in [0.25, 0.3) is 11.3 Å². The average molecular weight is 242 g/mol. The van der Waals surface area contributed by atoms with Gasteiger partial charge in [-0.3, -0.25) is 0 Å². The molecule has 0 bridgehead atoms. The van der Waals surface area contributed by atoms with E-state index >= 15 is 0 Å². The molecule has 0 saturated heterocycles. The van der Waals surface area contributed by atoms with Gasteiger partial charge < -0.3 is 11.1 Å². The van der Waals surface area contributed by atoms with Gasteiger partial charge in [-0.2, -0.15) is 0 Å². The van der Waals surface area contributed by atoms with E-state index in [0.29, 0.717) is 6.54 Å². The summed E-state index contributed by atoms with van der Waals surface area (Å²) in [5, 5.41) is 11.6. The van der Waals surface area contributed by atoms with Gasteiger partial charge in [0.25, 0.3) is 0 Å². The van der Waals surface area contributed by atoms with Crippen molar-refractivity contribution in [2.75, 3.05) is 11.9 Å². The van der Waals surface area contributed by atoms with Gasteiger partial charge in [-0.15, -0.1) is 10.2 Å². The Balaban J connectivity index is 2.20. The molecule has 1 heterocycles.